The van der Waals surface area contributed by atoms with E-state index in [1.807, 2.05) is 11.8 Å². The number of carbonyl (C=O) groups excluding carboxylic acids is 2. The average molecular weight is 391 g/mol. The van der Waals surface area contributed by atoms with E-state index in [9.17, 15) is 19.7 Å². The van der Waals surface area contributed by atoms with E-state index in [1.54, 1.807) is 6.07 Å². The number of esters is 1. The van der Waals surface area contributed by atoms with Gasteiger partial charge in [0.2, 0.25) is 0 Å². The summed E-state index contributed by atoms with van der Waals surface area (Å²) < 4.78 is 5.16. The predicted octanol–water partition coefficient (Wildman–Crippen LogP) is 3.15. The number of anilines is 1. The second-order valence-corrected chi connectivity index (χ2v) is 7.65. The molecule has 1 aromatic carbocycles. The summed E-state index contributed by atoms with van der Waals surface area (Å²) in [5.74, 6) is -0.266. The number of ether oxygens (including phenoxy) is 1. The maximum absolute atomic E-state index is 12.4. The van der Waals surface area contributed by atoms with Gasteiger partial charge in [-0.2, -0.15) is 0 Å². The standard InChI is InChI=1S/C20H29N3O5/c1-5-8-21-19(24)15(4)28-20(25)16-6-7-17(18(10-16)23(26)27)22-11-13(2)9-14(3)12-22/h6-7,10,13-15H,5,8-9,11-12H2,1-4H3,(H,21,24). The highest BCUT2D eigenvalue weighted by Gasteiger charge is 2.28. The average Bonchev–Trinajstić information content (AvgIpc) is 2.64. The summed E-state index contributed by atoms with van der Waals surface area (Å²) in [5, 5.41) is 14.3. The molecule has 154 valence electrons. The molecule has 28 heavy (non-hydrogen) atoms. The zero-order valence-corrected chi connectivity index (χ0v) is 16.9. The molecule has 0 aromatic heterocycles. The van der Waals surface area contributed by atoms with Gasteiger partial charge < -0.3 is 15.0 Å². The smallest absolute Gasteiger partial charge is 0.339 e. The Kier molecular flexibility index (Phi) is 7.37. The van der Waals surface area contributed by atoms with Crippen molar-refractivity contribution >= 4 is 23.3 Å². The quantitative estimate of drug-likeness (QED) is 0.435. The van der Waals surface area contributed by atoms with E-state index < -0.39 is 22.9 Å². The number of piperidine rings is 1. The Bertz CT molecular complexity index is 727. The van der Waals surface area contributed by atoms with Crippen molar-refractivity contribution in [3.05, 3.63) is 33.9 Å². The molecule has 1 aliphatic heterocycles. The van der Waals surface area contributed by atoms with E-state index in [4.69, 9.17) is 4.74 Å². The van der Waals surface area contributed by atoms with Gasteiger partial charge in [0, 0.05) is 25.7 Å². The van der Waals surface area contributed by atoms with Crippen molar-refractivity contribution in [2.45, 2.75) is 46.6 Å². The normalized spacial score (nSPS) is 20.4. The number of nitro benzene ring substituents is 1. The van der Waals surface area contributed by atoms with Gasteiger partial charge in [0.25, 0.3) is 11.6 Å². The highest BCUT2D eigenvalue weighted by atomic mass is 16.6. The fourth-order valence-electron chi connectivity index (χ4n) is 3.60. The molecule has 2 rings (SSSR count). The topological polar surface area (TPSA) is 102 Å². The Morgan fingerprint density at radius 1 is 1.32 bits per heavy atom. The molecule has 0 bridgehead atoms. The first kappa shape index (κ1) is 21.7. The lowest BCUT2D eigenvalue weighted by molar-refractivity contribution is -0.384. The molecule has 1 amide bonds. The molecule has 8 nitrogen and oxygen atoms in total. The molecular formula is C20H29N3O5. The number of amides is 1. The molecule has 0 saturated carbocycles. The van der Waals surface area contributed by atoms with Gasteiger partial charge in [0.1, 0.15) is 5.69 Å². The molecule has 3 atom stereocenters. The Morgan fingerprint density at radius 2 is 1.96 bits per heavy atom. The number of nitrogens with one attached hydrogen (secondary N) is 1. The molecule has 1 aromatic rings. The summed E-state index contributed by atoms with van der Waals surface area (Å²) in [4.78, 5) is 37.4. The fraction of sp³-hybridized carbons (Fsp3) is 0.600. The van der Waals surface area contributed by atoms with Crippen LogP contribution in [0.15, 0.2) is 18.2 Å². The molecule has 1 aliphatic rings. The number of nitro groups is 1. The molecule has 1 N–H and O–H groups in total. The summed E-state index contributed by atoms with van der Waals surface area (Å²) in [5.41, 5.74) is 0.441. The molecule has 0 aliphatic carbocycles. The van der Waals surface area contributed by atoms with Crippen molar-refractivity contribution in [2.24, 2.45) is 11.8 Å². The minimum absolute atomic E-state index is 0.0590. The minimum atomic E-state index is -0.971. The van der Waals surface area contributed by atoms with Crippen LogP contribution < -0.4 is 10.2 Å². The summed E-state index contributed by atoms with van der Waals surface area (Å²) >= 11 is 0. The number of benzene rings is 1. The van der Waals surface area contributed by atoms with Crippen molar-refractivity contribution in [3.63, 3.8) is 0 Å². The molecule has 0 radical (unpaired) electrons. The monoisotopic (exact) mass is 391 g/mol. The first-order valence-electron chi connectivity index (χ1n) is 9.75. The molecule has 1 heterocycles. The van der Waals surface area contributed by atoms with Crippen LogP contribution in [0, 0.1) is 22.0 Å². The number of hydrogen-bond donors (Lipinski definition) is 1. The third-order valence-corrected chi connectivity index (χ3v) is 4.82. The fourth-order valence-corrected chi connectivity index (χ4v) is 3.60. The van der Waals surface area contributed by atoms with Gasteiger partial charge in [-0.1, -0.05) is 20.8 Å². The van der Waals surface area contributed by atoms with E-state index >= 15 is 0 Å². The third kappa shape index (κ3) is 5.43. The first-order valence-corrected chi connectivity index (χ1v) is 9.75. The lowest BCUT2D eigenvalue weighted by atomic mass is 9.91. The van der Waals surface area contributed by atoms with E-state index in [1.165, 1.54) is 19.1 Å². The second kappa shape index (κ2) is 9.52. The summed E-state index contributed by atoms with van der Waals surface area (Å²) in [6.45, 7) is 9.63. The molecule has 1 saturated heterocycles. The lowest BCUT2D eigenvalue weighted by Gasteiger charge is -2.36. The van der Waals surface area contributed by atoms with Gasteiger partial charge in [-0.15, -0.1) is 0 Å². The summed E-state index contributed by atoms with van der Waals surface area (Å²) in [6, 6.07) is 4.35. The maximum atomic E-state index is 12.4. The van der Waals surface area contributed by atoms with Crippen molar-refractivity contribution in [1.82, 2.24) is 5.32 Å². The van der Waals surface area contributed by atoms with Gasteiger partial charge in [0.15, 0.2) is 6.10 Å². The Morgan fingerprint density at radius 3 is 2.54 bits per heavy atom. The zero-order chi connectivity index (χ0) is 20.8. The number of rotatable bonds is 7. The largest absolute Gasteiger partial charge is 0.449 e. The minimum Gasteiger partial charge on any atom is -0.449 e. The van der Waals surface area contributed by atoms with Crippen LogP contribution in [-0.2, 0) is 9.53 Å². The maximum Gasteiger partial charge on any atom is 0.339 e. The molecule has 0 spiro atoms. The van der Waals surface area contributed by atoms with E-state index in [0.29, 0.717) is 24.1 Å². The number of hydrogen-bond acceptors (Lipinski definition) is 6. The van der Waals surface area contributed by atoms with Gasteiger partial charge in [0.05, 0.1) is 10.5 Å². The van der Waals surface area contributed by atoms with Gasteiger partial charge in [-0.05, 0) is 43.7 Å². The van der Waals surface area contributed by atoms with Gasteiger partial charge in [-0.25, -0.2) is 4.79 Å². The third-order valence-electron chi connectivity index (χ3n) is 4.82. The number of carbonyl (C=O) groups is 2. The van der Waals surface area contributed by atoms with Crippen molar-refractivity contribution in [3.8, 4) is 0 Å². The molecular weight excluding hydrogens is 362 g/mol. The SMILES string of the molecule is CCCNC(=O)C(C)OC(=O)c1ccc(N2CC(C)CC(C)C2)c([N+](=O)[O-])c1. The predicted molar refractivity (Wildman–Crippen MR) is 106 cm³/mol. The summed E-state index contributed by atoms with van der Waals surface area (Å²) in [7, 11) is 0. The Labute approximate surface area is 165 Å². The lowest BCUT2D eigenvalue weighted by Crippen LogP contribution is -2.39. The van der Waals surface area contributed by atoms with Gasteiger partial charge >= 0.3 is 5.97 Å². The van der Waals surface area contributed by atoms with Crippen LogP contribution in [0.1, 0.15) is 50.9 Å². The van der Waals surface area contributed by atoms with Crippen LogP contribution in [-0.4, -0.2) is 42.5 Å². The van der Waals surface area contributed by atoms with Crippen LogP contribution in [0.4, 0.5) is 11.4 Å². The molecule has 1 fully saturated rings. The Hall–Kier alpha value is -2.64. The highest BCUT2D eigenvalue weighted by molar-refractivity contribution is 5.93. The molecule has 3 unspecified atom stereocenters. The number of nitrogens with zero attached hydrogens (tertiary/aromatic N) is 2. The van der Waals surface area contributed by atoms with Gasteiger partial charge in [-0.3, -0.25) is 14.9 Å². The van der Waals surface area contributed by atoms with E-state index in [-0.39, 0.29) is 11.3 Å². The summed E-state index contributed by atoms with van der Waals surface area (Å²) in [6.07, 6.45) is 0.891. The Balaban J connectivity index is 2.18. The van der Waals surface area contributed by atoms with E-state index in [2.05, 4.69) is 19.2 Å². The zero-order valence-electron chi connectivity index (χ0n) is 16.9. The van der Waals surface area contributed by atoms with Crippen molar-refractivity contribution in [2.75, 3.05) is 24.5 Å². The van der Waals surface area contributed by atoms with Crippen molar-refractivity contribution < 1.29 is 19.2 Å². The van der Waals surface area contributed by atoms with Crippen LogP contribution in [0.2, 0.25) is 0 Å². The van der Waals surface area contributed by atoms with Crippen molar-refractivity contribution in [1.29, 1.82) is 0 Å². The highest BCUT2D eigenvalue weighted by Crippen LogP contribution is 2.34. The first-order chi connectivity index (χ1) is 13.2. The van der Waals surface area contributed by atoms with Crippen LogP contribution in [0.5, 0.6) is 0 Å². The van der Waals surface area contributed by atoms with Crippen LogP contribution in [0.3, 0.4) is 0 Å². The van der Waals surface area contributed by atoms with Crippen LogP contribution in [0.25, 0.3) is 0 Å². The van der Waals surface area contributed by atoms with E-state index in [0.717, 1.165) is 25.9 Å². The molecule has 8 heteroatoms. The van der Waals surface area contributed by atoms with Crippen LogP contribution >= 0.6 is 0 Å². The second-order valence-electron chi connectivity index (χ2n) is 7.65.